The fourth-order valence-electron chi connectivity index (χ4n) is 1.09. The molecule has 80 valence electrons. The third-order valence-electron chi connectivity index (χ3n) is 2.18. The highest BCUT2D eigenvalue weighted by Crippen LogP contribution is 2.07. The van der Waals surface area contributed by atoms with Gasteiger partial charge in [-0.3, -0.25) is 0 Å². The first-order valence-electron chi connectivity index (χ1n) is 4.84. The Balaban J connectivity index is 2.91. The molecule has 0 saturated heterocycles. The summed E-state index contributed by atoms with van der Waals surface area (Å²) in [6, 6.07) is 8.09. The Morgan fingerprint density at radius 3 is 2.53 bits per heavy atom. The molecule has 1 aromatic carbocycles. The normalized spacial score (nSPS) is 11.3. The highest BCUT2D eigenvalue weighted by atomic mass is 32.1. The van der Waals surface area contributed by atoms with Crippen LogP contribution in [0, 0.1) is 6.92 Å². The molecule has 0 aliphatic rings. The average molecular weight is 220 g/mol. The first-order chi connectivity index (χ1) is 7.00. The molecule has 0 saturated carbocycles. The number of thiocarbonyl (C=S) groups is 1. The van der Waals surface area contributed by atoms with Crippen molar-refractivity contribution in [3.63, 3.8) is 0 Å². The highest BCUT2D eigenvalue weighted by Gasteiger charge is 2.01. The van der Waals surface area contributed by atoms with Crippen LogP contribution in [0.1, 0.15) is 18.1 Å². The van der Waals surface area contributed by atoms with Gasteiger partial charge in [-0.1, -0.05) is 36.0 Å². The molecule has 0 aliphatic heterocycles. The van der Waals surface area contributed by atoms with Crippen molar-refractivity contribution in [3.8, 4) is 0 Å². The van der Waals surface area contributed by atoms with E-state index < -0.39 is 0 Å². The van der Waals surface area contributed by atoms with Crippen molar-refractivity contribution in [3.05, 3.63) is 35.4 Å². The van der Waals surface area contributed by atoms with Crippen molar-refractivity contribution in [1.82, 2.24) is 4.90 Å². The number of amidine groups is 1. The van der Waals surface area contributed by atoms with E-state index in [1.807, 2.05) is 38.1 Å². The molecule has 0 N–H and O–H groups in total. The van der Waals surface area contributed by atoms with Gasteiger partial charge in [0.05, 0.1) is 0 Å². The lowest BCUT2D eigenvalue weighted by atomic mass is 10.1. The van der Waals surface area contributed by atoms with Crippen molar-refractivity contribution in [2.75, 3.05) is 14.1 Å². The van der Waals surface area contributed by atoms with Gasteiger partial charge in [-0.15, -0.1) is 0 Å². The van der Waals surface area contributed by atoms with E-state index in [-0.39, 0.29) is 0 Å². The quantitative estimate of drug-likeness (QED) is 0.411. The number of hydrogen-bond donors (Lipinski definition) is 0. The number of benzene rings is 1. The lowest BCUT2D eigenvalue weighted by Gasteiger charge is -2.11. The van der Waals surface area contributed by atoms with E-state index >= 15 is 0 Å². The Labute approximate surface area is 96.6 Å². The van der Waals surface area contributed by atoms with Gasteiger partial charge in [0.2, 0.25) is 0 Å². The number of aryl methyl sites for hydroxylation is 1. The standard InChI is InChI=1S/C12H16N2S/c1-9-6-5-7-11(8-9)12(15)13-10(2)14(3)4/h5-8H,1-4H3/b13-10+. The van der Waals surface area contributed by atoms with Gasteiger partial charge in [-0.2, -0.15) is 0 Å². The number of rotatable bonds is 1. The van der Waals surface area contributed by atoms with Crippen LogP contribution >= 0.6 is 12.2 Å². The van der Waals surface area contributed by atoms with E-state index in [1.165, 1.54) is 5.56 Å². The van der Waals surface area contributed by atoms with Crippen molar-refractivity contribution >= 4 is 23.0 Å². The molecule has 0 bridgehead atoms. The predicted octanol–water partition coefficient (Wildman–Crippen LogP) is 2.65. The SMILES string of the molecule is C/C(=N\C(=S)c1cccc(C)c1)N(C)C. The molecule has 1 rings (SSSR count). The van der Waals surface area contributed by atoms with Crippen LogP contribution in [0.5, 0.6) is 0 Å². The van der Waals surface area contributed by atoms with Gasteiger partial charge in [-0.25, -0.2) is 4.99 Å². The molecule has 3 heteroatoms. The van der Waals surface area contributed by atoms with E-state index in [9.17, 15) is 0 Å². The van der Waals surface area contributed by atoms with Crippen molar-refractivity contribution in [1.29, 1.82) is 0 Å². The summed E-state index contributed by atoms with van der Waals surface area (Å²) in [7, 11) is 3.91. The molecule has 2 nitrogen and oxygen atoms in total. The van der Waals surface area contributed by atoms with Gasteiger partial charge in [0.15, 0.2) is 0 Å². The molecule has 0 unspecified atom stereocenters. The van der Waals surface area contributed by atoms with E-state index in [0.717, 1.165) is 11.4 Å². The second kappa shape index (κ2) is 5.03. The minimum Gasteiger partial charge on any atom is -0.366 e. The number of aliphatic imine (C=N–C) groups is 1. The molecule has 0 aromatic heterocycles. The number of hydrogen-bond acceptors (Lipinski definition) is 1. The van der Waals surface area contributed by atoms with Gasteiger partial charge in [0.25, 0.3) is 0 Å². The van der Waals surface area contributed by atoms with Crippen LogP contribution in [0.4, 0.5) is 0 Å². The third kappa shape index (κ3) is 3.44. The fraction of sp³-hybridized carbons (Fsp3) is 0.333. The lowest BCUT2D eigenvalue weighted by molar-refractivity contribution is 0.620. The topological polar surface area (TPSA) is 15.6 Å². The minimum absolute atomic E-state index is 0.643. The zero-order chi connectivity index (χ0) is 11.4. The monoisotopic (exact) mass is 220 g/mol. The molecular formula is C12H16N2S. The van der Waals surface area contributed by atoms with E-state index in [1.54, 1.807) is 0 Å². The summed E-state index contributed by atoms with van der Waals surface area (Å²) in [6.07, 6.45) is 0. The van der Waals surface area contributed by atoms with Crippen LogP contribution < -0.4 is 0 Å². The van der Waals surface area contributed by atoms with Crippen molar-refractivity contribution in [2.24, 2.45) is 4.99 Å². The van der Waals surface area contributed by atoms with Crippen LogP contribution in [0.3, 0.4) is 0 Å². The lowest BCUT2D eigenvalue weighted by Crippen LogP contribution is -2.19. The Morgan fingerprint density at radius 2 is 2.00 bits per heavy atom. The summed E-state index contributed by atoms with van der Waals surface area (Å²) in [4.78, 5) is 6.95. The summed E-state index contributed by atoms with van der Waals surface area (Å²) in [5, 5.41) is 0. The van der Waals surface area contributed by atoms with Gasteiger partial charge in [0, 0.05) is 19.7 Å². The summed E-state index contributed by atoms with van der Waals surface area (Å²) in [6.45, 7) is 4.00. The summed E-state index contributed by atoms with van der Waals surface area (Å²) >= 11 is 5.26. The molecule has 15 heavy (non-hydrogen) atoms. The maximum absolute atomic E-state index is 5.26. The zero-order valence-corrected chi connectivity index (χ0v) is 10.4. The molecule has 1 aromatic rings. The average Bonchev–Trinajstić information content (AvgIpc) is 2.17. The van der Waals surface area contributed by atoms with Crippen LogP contribution in [0.15, 0.2) is 29.3 Å². The maximum Gasteiger partial charge on any atom is 0.135 e. The van der Waals surface area contributed by atoms with Crippen molar-refractivity contribution < 1.29 is 0 Å². The second-order valence-electron chi connectivity index (χ2n) is 3.73. The van der Waals surface area contributed by atoms with Crippen molar-refractivity contribution in [2.45, 2.75) is 13.8 Å². The van der Waals surface area contributed by atoms with E-state index in [0.29, 0.717) is 4.99 Å². The van der Waals surface area contributed by atoms with Gasteiger partial charge >= 0.3 is 0 Å². The van der Waals surface area contributed by atoms with Gasteiger partial charge in [-0.05, 0) is 19.9 Å². The predicted molar refractivity (Wildman–Crippen MR) is 69.7 cm³/mol. The molecular weight excluding hydrogens is 204 g/mol. The maximum atomic E-state index is 5.26. The smallest absolute Gasteiger partial charge is 0.135 e. The molecule has 0 radical (unpaired) electrons. The largest absolute Gasteiger partial charge is 0.366 e. The molecule has 0 amide bonds. The Morgan fingerprint density at radius 1 is 1.33 bits per heavy atom. The van der Waals surface area contributed by atoms with Crippen LogP contribution in [-0.2, 0) is 0 Å². The van der Waals surface area contributed by atoms with Crippen LogP contribution in [0.2, 0.25) is 0 Å². The summed E-state index contributed by atoms with van der Waals surface area (Å²) in [5.74, 6) is 0.918. The fourth-order valence-corrected chi connectivity index (χ4v) is 1.35. The molecule has 0 aliphatic carbocycles. The molecule has 0 atom stereocenters. The van der Waals surface area contributed by atoms with Crippen LogP contribution in [-0.4, -0.2) is 29.8 Å². The molecule has 0 spiro atoms. The Kier molecular flexibility index (Phi) is 3.97. The second-order valence-corrected chi connectivity index (χ2v) is 4.11. The Hall–Kier alpha value is -1.22. The molecule has 0 heterocycles. The molecule has 0 fully saturated rings. The first kappa shape index (κ1) is 11.9. The van der Waals surface area contributed by atoms with Gasteiger partial charge < -0.3 is 4.90 Å². The summed E-state index contributed by atoms with van der Waals surface area (Å²) in [5.41, 5.74) is 2.21. The third-order valence-corrected chi connectivity index (χ3v) is 2.50. The Bertz CT molecular complexity index is 394. The first-order valence-corrected chi connectivity index (χ1v) is 5.25. The highest BCUT2D eigenvalue weighted by molar-refractivity contribution is 7.80. The van der Waals surface area contributed by atoms with Crippen LogP contribution in [0.25, 0.3) is 0 Å². The van der Waals surface area contributed by atoms with E-state index in [4.69, 9.17) is 12.2 Å². The van der Waals surface area contributed by atoms with E-state index in [2.05, 4.69) is 24.0 Å². The number of nitrogens with zero attached hydrogens (tertiary/aromatic N) is 2. The minimum atomic E-state index is 0.643. The zero-order valence-electron chi connectivity index (χ0n) is 9.61. The van der Waals surface area contributed by atoms with Gasteiger partial charge in [0.1, 0.15) is 10.8 Å². The summed E-state index contributed by atoms with van der Waals surface area (Å²) < 4.78 is 0.